The normalized spacial score (nSPS) is 22.9. The summed E-state index contributed by atoms with van der Waals surface area (Å²) < 4.78 is 4.78. The summed E-state index contributed by atoms with van der Waals surface area (Å²) in [7, 11) is 1.39. The van der Waals surface area contributed by atoms with Gasteiger partial charge in [0, 0.05) is 18.0 Å². The smallest absolute Gasteiger partial charge is 0.323 e. The Morgan fingerprint density at radius 2 is 2.15 bits per heavy atom. The maximum absolute atomic E-state index is 11.7. The van der Waals surface area contributed by atoms with E-state index in [1.807, 2.05) is 29.2 Å². The molecule has 0 saturated carbocycles. The van der Waals surface area contributed by atoms with Gasteiger partial charge in [-0.05, 0) is 37.1 Å². The van der Waals surface area contributed by atoms with E-state index in [-0.39, 0.29) is 12.0 Å². The van der Waals surface area contributed by atoms with Crippen molar-refractivity contribution in [2.24, 2.45) is 0 Å². The summed E-state index contributed by atoms with van der Waals surface area (Å²) in [5.41, 5.74) is 1.23. The highest BCUT2D eigenvalue weighted by atomic mass is 35.5. The van der Waals surface area contributed by atoms with Crippen LogP contribution in [0.2, 0.25) is 5.02 Å². The van der Waals surface area contributed by atoms with E-state index in [0.29, 0.717) is 13.0 Å². The van der Waals surface area contributed by atoms with Crippen molar-refractivity contribution in [3.8, 4) is 0 Å². The van der Waals surface area contributed by atoms with Crippen molar-refractivity contribution >= 4 is 17.6 Å². The van der Waals surface area contributed by atoms with Crippen LogP contribution < -0.4 is 0 Å². The number of benzene rings is 1. The molecule has 1 aliphatic heterocycles. The Hall–Kier alpha value is -1.10. The van der Waals surface area contributed by atoms with Crippen molar-refractivity contribution in [3.05, 3.63) is 34.9 Å². The van der Waals surface area contributed by atoms with Crippen molar-refractivity contribution in [3.63, 3.8) is 0 Å². The third-order valence-electron chi connectivity index (χ3n) is 3.68. The third-order valence-corrected chi connectivity index (χ3v) is 3.93. The predicted molar refractivity (Wildman–Crippen MR) is 77.8 cm³/mol. The number of hydrogen-bond acceptors (Lipinski definition) is 4. The number of nitrogens with zero attached hydrogens (tertiary/aromatic N) is 1. The summed E-state index contributed by atoms with van der Waals surface area (Å²) in [4.78, 5) is 13.7. The molecule has 0 amide bonds. The van der Waals surface area contributed by atoms with E-state index in [0.717, 1.165) is 24.4 Å². The Labute approximate surface area is 124 Å². The molecule has 0 bridgehead atoms. The molecule has 1 aromatic rings. The molecule has 1 N–H and O–H groups in total. The lowest BCUT2D eigenvalue weighted by Crippen LogP contribution is -2.37. The summed E-state index contributed by atoms with van der Waals surface area (Å²) in [5, 5.41) is 10.4. The highest BCUT2D eigenvalue weighted by Crippen LogP contribution is 2.20. The van der Waals surface area contributed by atoms with Crippen molar-refractivity contribution in [1.82, 2.24) is 4.90 Å². The van der Waals surface area contributed by atoms with Crippen LogP contribution in [0, 0.1) is 0 Å². The fraction of sp³-hybridized carbons (Fsp3) is 0.533. The fourth-order valence-electron chi connectivity index (χ4n) is 2.65. The Kier molecular flexibility index (Phi) is 5.40. The number of aryl methyl sites for hydroxylation is 1. The minimum Gasteiger partial charge on any atom is -0.468 e. The van der Waals surface area contributed by atoms with Crippen LogP contribution in [-0.4, -0.2) is 48.3 Å². The lowest BCUT2D eigenvalue weighted by Gasteiger charge is -2.21. The van der Waals surface area contributed by atoms with Crippen LogP contribution in [0.3, 0.4) is 0 Å². The Morgan fingerprint density at radius 1 is 1.45 bits per heavy atom. The van der Waals surface area contributed by atoms with Gasteiger partial charge in [-0.2, -0.15) is 0 Å². The van der Waals surface area contributed by atoms with Gasteiger partial charge < -0.3 is 9.84 Å². The number of carbonyl (C=O) groups excluding carboxylic acids is 1. The van der Waals surface area contributed by atoms with Gasteiger partial charge in [0.15, 0.2) is 0 Å². The summed E-state index contributed by atoms with van der Waals surface area (Å²) in [6, 6.07) is 7.49. The zero-order valence-corrected chi connectivity index (χ0v) is 12.3. The molecule has 1 aliphatic rings. The first-order chi connectivity index (χ1) is 9.60. The van der Waals surface area contributed by atoms with Crippen LogP contribution in [-0.2, 0) is 16.0 Å². The molecule has 1 heterocycles. The number of β-amino-alcohol motifs (C(OH)–C–C–N with tert-alkyl or cyclic N) is 1. The summed E-state index contributed by atoms with van der Waals surface area (Å²) in [6.45, 7) is 1.32. The molecule has 4 nitrogen and oxygen atoms in total. The van der Waals surface area contributed by atoms with Crippen LogP contribution in [0.15, 0.2) is 24.3 Å². The third kappa shape index (κ3) is 3.95. The zero-order chi connectivity index (χ0) is 14.5. The van der Waals surface area contributed by atoms with Gasteiger partial charge in [0.05, 0.1) is 13.2 Å². The Bertz CT molecular complexity index is 449. The first-order valence-corrected chi connectivity index (χ1v) is 7.22. The topological polar surface area (TPSA) is 49.8 Å². The minimum atomic E-state index is -0.436. The summed E-state index contributed by atoms with van der Waals surface area (Å²) in [6.07, 6.45) is 1.89. The predicted octanol–water partition coefficient (Wildman–Crippen LogP) is 1.88. The summed E-state index contributed by atoms with van der Waals surface area (Å²) in [5.74, 6) is -0.256. The lowest BCUT2D eigenvalue weighted by molar-refractivity contribution is -0.145. The number of esters is 1. The number of aliphatic hydroxyl groups excluding tert-OH is 1. The van der Waals surface area contributed by atoms with Gasteiger partial charge in [0.2, 0.25) is 0 Å². The van der Waals surface area contributed by atoms with E-state index in [9.17, 15) is 9.90 Å². The molecule has 2 atom stereocenters. The molecule has 0 spiro atoms. The molecule has 0 unspecified atom stereocenters. The second-order valence-corrected chi connectivity index (χ2v) is 5.59. The van der Waals surface area contributed by atoms with Crippen LogP contribution in [0.5, 0.6) is 0 Å². The van der Waals surface area contributed by atoms with E-state index in [1.165, 1.54) is 12.7 Å². The molecular formula is C15H20ClNO3. The highest BCUT2D eigenvalue weighted by molar-refractivity contribution is 6.30. The van der Waals surface area contributed by atoms with Crippen LogP contribution in [0.1, 0.15) is 18.4 Å². The maximum atomic E-state index is 11.7. The molecule has 1 aromatic carbocycles. The van der Waals surface area contributed by atoms with Crippen molar-refractivity contribution in [2.45, 2.75) is 31.4 Å². The van der Waals surface area contributed by atoms with Gasteiger partial charge in [0.25, 0.3) is 0 Å². The van der Waals surface area contributed by atoms with Crippen LogP contribution in [0.4, 0.5) is 0 Å². The Balaban J connectivity index is 1.83. The number of carbonyl (C=O) groups is 1. The number of rotatable bonds is 5. The molecule has 110 valence electrons. The number of hydrogen-bond donors (Lipinski definition) is 1. The van der Waals surface area contributed by atoms with E-state index >= 15 is 0 Å². The zero-order valence-electron chi connectivity index (χ0n) is 11.6. The second-order valence-electron chi connectivity index (χ2n) is 5.15. The molecule has 1 fully saturated rings. The van der Waals surface area contributed by atoms with E-state index < -0.39 is 6.10 Å². The lowest BCUT2D eigenvalue weighted by atomic mass is 10.1. The Morgan fingerprint density at radius 3 is 2.80 bits per heavy atom. The van der Waals surface area contributed by atoms with E-state index in [4.69, 9.17) is 16.3 Å². The maximum Gasteiger partial charge on any atom is 0.323 e. The van der Waals surface area contributed by atoms with Crippen molar-refractivity contribution in [1.29, 1.82) is 0 Å². The minimum absolute atomic E-state index is 0.256. The molecule has 0 radical (unpaired) electrons. The van der Waals surface area contributed by atoms with Gasteiger partial charge in [-0.15, -0.1) is 0 Å². The summed E-state index contributed by atoms with van der Waals surface area (Å²) >= 11 is 5.85. The van der Waals surface area contributed by atoms with Gasteiger partial charge >= 0.3 is 5.97 Å². The fourth-order valence-corrected chi connectivity index (χ4v) is 2.77. The van der Waals surface area contributed by atoms with Crippen LogP contribution >= 0.6 is 11.6 Å². The molecule has 1 saturated heterocycles. The molecule has 20 heavy (non-hydrogen) atoms. The number of methoxy groups -OCH3 is 1. The number of aliphatic hydroxyl groups is 1. The van der Waals surface area contributed by atoms with Gasteiger partial charge in [0.1, 0.15) is 6.04 Å². The highest BCUT2D eigenvalue weighted by Gasteiger charge is 2.36. The van der Waals surface area contributed by atoms with Gasteiger partial charge in [-0.3, -0.25) is 9.69 Å². The number of likely N-dealkylation sites (tertiary alicyclic amines) is 1. The van der Waals surface area contributed by atoms with Gasteiger partial charge in [-0.25, -0.2) is 0 Å². The standard InChI is InChI=1S/C15H20ClNO3/c1-20-15(19)14-9-13(18)10-17(14)8-2-3-11-4-6-12(16)7-5-11/h4-7,13-14,18H,2-3,8-10H2,1H3/t13-,14+/m1/s1. The molecule has 0 aliphatic carbocycles. The van der Waals surface area contributed by atoms with Crippen LogP contribution in [0.25, 0.3) is 0 Å². The first-order valence-electron chi connectivity index (χ1n) is 6.84. The van der Waals surface area contributed by atoms with E-state index in [1.54, 1.807) is 0 Å². The van der Waals surface area contributed by atoms with Crippen molar-refractivity contribution < 1.29 is 14.6 Å². The largest absolute Gasteiger partial charge is 0.468 e. The number of halogens is 1. The quantitative estimate of drug-likeness (QED) is 0.843. The average Bonchev–Trinajstić information content (AvgIpc) is 2.81. The molecular weight excluding hydrogens is 278 g/mol. The molecule has 0 aromatic heterocycles. The van der Waals surface area contributed by atoms with Gasteiger partial charge in [-0.1, -0.05) is 23.7 Å². The van der Waals surface area contributed by atoms with E-state index in [2.05, 4.69) is 0 Å². The molecule has 5 heteroatoms. The first kappa shape index (κ1) is 15.3. The number of ether oxygens (including phenoxy) is 1. The average molecular weight is 298 g/mol. The molecule has 2 rings (SSSR count). The van der Waals surface area contributed by atoms with Crippen molar-refractivity contribution in [2.75, 3.05) is 20.2 Å². The second kappa shape index (κ2) is 7.07. The SMILES string of the molecule is COC(=O)[C@@H]1C[C@@H](O)CN1CCCc1ccc(Cl)cc1. The monoisotopic (exact) mass is 297 g/mol.